The van der Waals surface area contributed by atoms with Crippen molar-refractivity contribution in [3.05, 3.63) is 23.8 Å². The predicted octanol–water partition coefficient (Wildman–Crippen LogP) is 2.04. The highest BCUT2D eigenvalue weighted by molar-refractivity contribution is 5.85. The fourth-order valence-electron chi connectivity index (χ4n) is 3.08. The highest BCUT2D eigenvalue weighted by Crippen LogP contribution is 2.32. The normalized spacial score (nSPS) is 18.7. The number of likely N-dealkylation sites (tertiary alicyclic amines) is 1. The molecule has 0 spiro atoms. The fraction of sp³-hybridized carbons (Fsp3) is 0.556. The summed E-state index contributed by atoms with van der Waals surface area (Å²) < 4.78 is 11.1. The van der Waals surface area contributed by atoms with Gasteiger partial charge in [-0.1, -0.05) is 12.5 Å². The molecule has 24 heavy (non-hydrogen) atoms. The standard InChI is InChI=1S/C18H24N2O4/c1-13(14-6-7-15-16(11-14)24-10-9-23-15)19-17(21)12-20-8-4-2-3-5-18(20)22/h6-7,11,13H,2-5,8-10,12H2,1H3,(H,19,21). The van der Waals surface area contributed by atoms with Gasteiger partial charge >= 0.3 is 0 Å². The van der Waals surface area contributed by atoms with Crippen molar-refractivity contribution in [3.8, 4) is 11.5 Å². The number of ether oxygens (including phenoxy) is 2. The maximum Gasteiger partial charge on any atom is 0.240 e. The van der Waals surface area contributed by atoms with Gasteiger partial charge in [-0.3, -0.25) is 9.59 Å². The molecule has 3 rings (SSSR count). The molecule has 0 aliphatic carbocycles. The first kappa shape index (κ1) is 16.6. The predicted molar refractivity (Wildman–Crippen MR) is 89.0 cm³/mol. The molecule has 130 valence electrons. The van der Waals surface area contributed by atoms with Crippen molar-refractivity contribution in [2.75, 3.05) is 26.3 Å². The first-order chi connectivity index (χ1) is 11.6. The maximum absolute atomic E-state index is 12.3. The number of hydrogen-bond donors (Lipinski definition) is 1. The SMILES string of the molecule is CC(NC(=O)CN1CCCCCC1=O)c1ccc2c(c1)OCCO2. The Morgan fingerprint density at radius 3 is 2.83 bits per heavy atom. The lowest BCUT2D eigenvalue weighted by Gasteiger charge is -2.23. The molecule has 0 radical (unpaired) electrons. The van der Waals surface area contributed by atoms with Crippen LogP contribution in [0.2, 0.25) is 0 Å². The molecule has 1 unspecified atom stereocenters. The molecule has 0 aromatic heterocycles. The van der Waals surface area contributed by atoms with Crippen LogP contribution in [-0.4, -0.2) is 43.0 Å². The van der Waals surface area contributed by atoms with E-state index in [0.717, 1.165) is 30.6 Å². The van der Waals surface area contributed by atoms with Crippen LogP contribution in [0.25, 0.3) is 0 Å². The molecule has 1 N–H and O–H groups in total. The number of carbonyl (C=O) groups is 2. The molecule has 0 saturated carbocycles. The summed E-state index contributed by atoms with van der Waals surface area (Å²) >= 11 is 0. The Balaban J connectivity index is 1.58. The summed E-state index contributed by atoms with van der Waals surface area (Å²) in [6.45, 7) is 3.82. The van der Waals surface area contributed by atoms with Crippen molar-refractivity contribution < 1.29 is 19.1 Å². The third-order valence-corrected chi connectivity index (χ3v) is 4.45. The molecule has 1 atom stereocenters. The van der Waals surface area contributed by atoms with E-state index in [2.05, 4.69) is 5.32 Å². The van der Waals surface area contributed by atoms with E-state index in [-0.39, 0.29) is 24.4 Å². The summed E-state index contributed by atoms with van der Waals surface area (Å²) in [6.07, 6.45) is 3.49. The molecule has 2 aliphatic heterocycles. The van der Waals surface area contributed by atoms with Crippen LogP contribution in [0.15, 0.2) is 18.2 Å². The molecular weight excluding hydrogens is 308 g/mol. The van der Waals surface area contributed by atoms with E-state index >= 15 is 0 Å². The average Bonchev–Trinajstić information content (AvgIpc) is 2.79. The van der Waals surface area contributed by atoms with Crippen LogP contribution >= 0.6 is 0 Å². The van der Waals surface area contributed by atoms with E-state index < -0.39 is 0 Å². The summed E-state index contributed by atoms with van der Waals surface area (Å²) in [7, 11) is 0. The summed E-state index contributed by atoms with van der Waals surface area (Å²) in [5.74, 6) is 1.39. The number of nitrogens with one attached hydrogen (secondary N) is 1. The average molecular weight is 332 g/mol. The van der Waals surface area contributed by atoms with Crippen molar-refractivity contribution in [1.29, 1.82) is 0 Å². The molecule has 1 aromatic rings. The zero-order chi connectivity index (χ0) is 16.9. The van der Waals surface area contributed by atoms with Gasteiger partial charge in [0.2, 0.25) is 11.8 Å². The second-order valence-electron chi connectivity index (χ2n) is 6.32. The molecule has 1 fully saturated rings. The van der Waals surface area contributed by atoms with E-state index in [1.165, 1.54) is 0 Å². The summed E-state index contributed by atoms with van der Waals surface area (Å²) in [6, 6.07) is 5.53. The first-order valence-corrected chi connectivity index (χ1v) is 8.60. The largest absolute Gasteiger partial charge is 0.486 e. The Labute approximate surface area is 142 Å². The molecule has 2 amide bonds. The minimum Gasteiger partial charge on any atom is -0.486 e. The van der Waals surface area contributed by atoms with E-state index in [9.17, 15) is 9.59 Å². The zero-order valence-corrected chi connectivity index (χ0v) is 14.0. The number of amides is 2. The van der Waals surface area contributed by atoms with Gasteiger partial charge in [0, 0.05) is 13.0 Å². The topological polar surface area (TPSA) is 67.9 Å². The van der Waals surface area contributed by atoms with E-state index in [4.69, 9.17) is 9.47 Å². The Morgan fingerprint density at radius 1 is 1.21 bits per heavy atom. The number of carbonyl (C=O) groups excluding carboxylic acids is 2. The molecular formula is C18H24N2O4. The second kappa shape index (κ2) is 7.55. The maximum atomic E-state index is 12.3. The minimum atomic E-state index is -0.157. The van der Waals surface area contributed by atoms with E-state index in [0.29, 0.717) is 31.9 Å². The number of nitrogens with zero attached hydrogens (tertiary/aromatic N) is 1. The number of rotatable bonds is 4. The zero-order valence-electron chi connectivity index (χ0n) is 14.0. The lowest BCUT2D eigenvalue weighted by atomic mass is 10.1. The lowest BCUT2D eigenvalue weighted by Crippen LogP contribution is -2.41. The van der Waals surface area contributed by atoms with Crippen LogP contribution < -0.4 is 14.8 Å². The van der Waals surface area contributed by atoms with E-state index in [1.807, 2.05) is 25.1 Å². The first-order valence-electron chi connectivity index (χ1n) is 8.60. The smallest absolute Gasteiger partial charge is 0.240 e. The Morgan fingerprint density at radius 2 is 2.00 bits per heavy atom. The van der Waals surface area contributed by atoms with Gasteiger partial charge in [0.15, 0.2) is 11.5 Å². The molecule has 2 heterocycles. The van der Waals surface area contributed by atoms with Gasteiger partial charge in [0.05, 0.1) is 12.6 Å². The quantitative estimate of drug-likeness (QED) is 0.916. The highest BCUT2D eigenvalue weighted by atomic mass is 16.6. The molecule has 6 heteroatoms. The monoisotopic (exact) mass is 332 g/mol. The van der Waals surface area contributed by atoms with Crippen LogP contribution in [0.5, 0.6) is 11.5 Å². The van der Waals surface area contributed by atoms with Crippen LogP contribution in [0.3, 0.4) is 0 Å². The summed E-state index contributed by atoms with van der Waals surface area (Å²) in [5, 5.41) is 2.96. The molecule has 2 aliphatic rings. The lowest BCUT2D eigenvalue weighted by molar-refractivity contribution is -0.135. The van der Waals surface area contributed by atoms with Crippen LogP contribution in [0, 0.1) is 0 Å². The molecule has 6 nitrogen and oxygen atoms in total. The molecule has 1 aromatic carbocycles. The van der Waals surface area contributed by atoms with Gasteiger partial charge in [-0.25, -0.2) is 0 Å². The van der Waals surface area contributed by atoms with Crippen molar-refractivity contribution >= 4 is 11.8 Å². The molecule has 1 saturated heterocycles. The van der Waals surface area contributed by atoms with Gasteiger partial charge in [0.25, 0.3) is 0 Å². The van der Waals surface area contributed by atoms with Gasteiger partial charge in [0.1, 0.15) is 13.2 Å². The Bertz CT molecular complexity index is 617. The Hall–Kier alpha value is -2.24. The number of benzene rings is 1. The highest BCUT2D eigenvalue weighted by Gasteiger charge is 2.21. The van der Waals surface area contributed by atoms with Crippen LogP contribution in [-0.2, 0) is 9.59 Å². The van der Waals surface area contributed by atoms with Gasteiger partial charge in [-0.05, 0) is 37.5 Å². The second-order valence-corrected chi connectivity index (χ2v) is 6.32. The van der Waals surface area contributed by atoms with Crippen molar-refractivity contribution in [1.82, 2.24) is 10.2 Å². The number of fused-ring (bicyclic) bond motifs is 1. The van der Waals surface area contributed by atoms with Crippen molar-refractivity contribution in [2.45, 2.75) is 38.6 Å². The summed E-state index contributed by atoms with van der Waals surface area (Å²) in [4.78, 5) is 25.9. The minimum absolute atomic E-state index is 0.0784. The van der Waals surface area contributed by atoms with Crippen LogP contribution in [0.4, 0.5) is 0 Å². The number of hydrogen-bond acceptors (Lipinski definition) is 4. The third kappa shape index (κ3) is 3.99. The van der Waals surface area contributed by atoms with Crippen molar-refractivity contribution in [2.24, 2.45) is 0 Å². The van der Waals surface area contributed by atoms with E-state index in [1.54, 1.807) is 4.90 Å². The van der Waals surface area contributed by atoms with Crippen molar-refractivity contribution in [3.63, 3.8) is 0 Å². The summed E-state index contributed by atoms with van der Waals surface area (Å²) in [5.41, 5.74) is 0.954. The molecule has 0 bridgehead atoms. The fourth-order valence-corrected chi connectivity index (χ4v) is 3.08. The van der Waals surface area contributed by atoms with Gasteiger partial charge in [-0.15, -0.1) is 0 Å². The van der Waals surface area contributed by atoms with Crippen LogP contribution in [0.1, 0.15) is 44.2 Å². The third-order valence-electron chi connectivity index (χ3n) is 4.45. The van der Waals surface area contributed by atoms with Gasteiger partial charge < -0.3 is 19.7 Å². The van der Waals surface area contributed by atoms with Gasteiger partial charge in [-0.2, -0.15) is 0 Å². The Kier molecular flexibility index (Phi) is 5.23.